The van der Waals surface area contributed by atoms with Crippen molar-refractivity contribution in [2.75, 3.05) is 51.4 Å². The molecule has 0 aliphatic carbocycles. The molecular weight excluding hydrogens is 386 g/mol. The standard InChI is InChI=1S/C21H31N5O2S/c1-25(2)21-14-19(17-8-7-11-22-15-17)23-20(24-21)16-26(3)12-13-29(27,28)18-9-5-4-6-10-18/h4-6,9-10,14,17,22H,7-8,11-13,15-16H2,1-3H3/t17-/m1/s1. The molecule has 7 nitrogen and oxygen atoms in total. The maximum absolute atomic E-state index is 12.5. The molecule has 1 aliphatic rings. The largest absolute Gasteiger partial charge is 0.363 e. The topological polar surface area (TPSA) is 78.4 Å². The zero-order chi connectivity index (χ0) is 20.9. The fourth-order valence-electron chi connectivity index (χ4n) is 3.46. The number of aromatic nitrogens is 2. The molecule has 1 aromatic heterocycles. The van der Waals surface area contributed by atoms with Crippen molar-refractivity contribution >= 4 is 15.7 Å². The Morgan fingerprint density at radius 2 is 1.90 bits per heavy atom. The molecule has 158 valence electrons. The third-order valence-electron chi connectivity index (χ3n) is 5.21. The second kappa shape index (κ2) is 9.65. The number of sulfone groups is 1. The maximum atomic E-state index is 12.5. The Bertz CT molecular complexity index is 897. The third-order valence-corrected chi connectivity index (χ3v) is 6.92. The summed E-state index contributed by atoms with van der Waals surface area (Å²) >= 11 is 0. The average Bonchev–Trinajstić information content (AvgIpc) is 2.73. The highest BCUT2D eigenvalue weighted by atomic mass is 32.2. The molecule has 0 bridgehead atoms. The molecule has 0 saturated carbocycles. The minimum atomic E-state index is -3.29. The van der Waals surface area contributed by atoms with Crippen molar-refractivity contribution in [3.63, 3.8) is 0 Å². The first kappa shape index (κ1) is 21.7. The minimum Gasteiger partial charge on any atom is -0.363 e. The summed E-state index contributed by atoms with van der Waals surface area (Å²) in [5.74, 6) is 2.09. The van der Waals surface area contributed by atoms with Crippen LogP contribution in [0.2, 0.25) is 0 Å². The van der Waals surface area contributed by atoms with Crippen LogP contribution in [0, 0.1) is 0 Å². The summed E-state index contributed by atoms with van der Waals surface area (Å²) in [7, 11) is 2.57. The zero-order valence-corrected chi connectivity index (χ0v) is 18.3. The highest BCUT2D eigenvalue weighted by Gasteiger charge is 2.20. The Kier molecular flexibility index (Phi) is 7.21. The normalized spacial score (nSPS) is 17.4. The quantitative estimate of drug-likeness (QED) is 0.703. The zero-order valence-electron chi connectivity index (χ0n) is 17.5. The number of hydrogen-bond acceptors (Lipinski definition) is 7. The summed E-state index contributed by atoms with van der Waals surface area (Å²) in [6, 6.07) is 10.7. The van der Waals surface area contributed by atoms with E-state index in [4.69, 9.17) is 4.98 Å². The van der Waals surface area contributed by atoms with Gasteiger partial charge in [-0.25, -0.2) is 18.4 Å². The number of hydrogen-bond donors (Lipinski definition) is 1. The molecule has 0 radical (unpaired) electrons. The summed E-state index contributed by atoms with van der Waals surface area (Å²) in [4.78, 5) is 13.8. The van der Waals surface area contributed by atoms with Crippen LogP contribution in [-0.2, 0) is 16.4 Å². The summed E-state index contributed by atoms with van der Waals surface area (Å²) < 4.78 is 25.0. The molecule has 1 saturated heterocycles. The van der Waals surface area contributed by atoms with Crippen molar-refractivity contribution < 1.29 is 8.42 Å². The highest BCUT2D eigenvalue weighted by Crippen LogP contribution is 2.24. The molecule has 1 N–H and O–H groups in total. The van der Waals surface area contributed by atoms with Crippen LogP contribution in [0.25, 0.3) is 0 Å². The Balaban J connectivity index is 1.69. The summed E-state index contributed by atoms with van der Waals surface area (Å²) in [5, 5.41) is 3.44. The summed E-state index contributed by atoms with van der Waals surface area (Å²) in [6.07, 6.45) is 2.28. The number of nitrogens with zero attached hydrogens (tertiary/aromatic N) is 4. The Labute approximate surface area is 174 Å². The molecule has 1 aromatic carbocycles. The average molecular weight is 418 g/mol. The van der Waals surface area contributed by atoms with E-state index in [-0.39, 0.29) is 5.75 Å². The number of rotatable bonds is 8. The van der Waals surface area contributed by atoms with Crippen molar-refractivity contribution in [3.05, 3.63) is 47.9 Å². The van der Waals surface area contributed by atoms with Crippen molar-refractivity contribution in [2.24, 2.45) is 0 Å². The highest BCUT2D eigenvalue weighted by molar-refractivity contribution is 7.91. The van der Waals surface area contributed by atoms with E-state index in [0.717, 1.165) is 43.3 Å². The van der Waals surface area contributed by atoms with E-state index in [0.29, 0.717) is 23.9 Å². The van der Waals surface area contributed by atoms with Crippen LogP contribution < -0.4 is 10.2 Å². The van der Waals surface area contributed by atoms with E-state index >= 15 is 0 Å². The van der Waals surface area contributed by atoms with Gasteiger partial charge in [0, 0.05) is 39.2 Å². The van der Waals surface area contributed by atoms with Crippen LogP contribution >= 0.6 is 0 Å². The predicted octanol–water partition coefficient (Wildman–Crippen LogP) is 1.92. The monoisotopic (exact) mass is 417 g/mol. The first-order valence-electron chi connectivity index (χ1n) is 10.1. The van der Waals surface area contributed by atoms with Gasteiger partial charge in [0.2, 0.25) is 0 Å². The van der Waals surface area contributed by atoms with Crippen molar-refractivity contribution in [1.29, 1.82) is 0 Å². The van der Waals surface area contributed by atoms with E-state index in [1.54, 1.807) is 24.3 Å². The van der Waals surface area contributed by atoms with E-state index < -0.39 is 9.84 Å². The van der Waals surface area contributed by atoms with Gasteiger partial charge >= 0.3 is 0 Å². The van der Waals surface area contributed by atoms with E-state index in [1.165, 1.54) is 0 Å². The van der Waals surface area contributed by atoms with Crippen LogP contribution in [0.3, 0.4) is 0 Å². The lowest BCUT2D eigenvalue weighted by Gasteiger charge is -2.24. The van der Waals surface area contributed by atoms with E-state index in [9.17, 15) is 8.42 Å². The van der Waals surface area contributed by atoms with Gasteiger partial charge in [-0.2, -0.15) is 0 Å². The molecule has 29 heavy (non-hydrogen) atoms. The van der Waals surface area contributed by atoms with E-state index in [1.807, 2.05) is 37.0 Å². The summed E-state index contributed by atoms with van der Waals surface area (Å²) in [5.41, 5.74) is 1.07. The van der Waals surface area contributed by atoms with Gasteiger partial charge in [0.1, 0.15) is 11.6 Å². The first-order chi connectivity index (χ1) is 13.8. The fraction of sp³-hybridized carbons (Fsp3) is 0.524. The molecule has 2 heterocycles. The van der Waals surface area contributed by atoms with Gasteiger partial charge in [0.05, 0.1) is 22.9 Å². The number of benzene rings is 1. The van der Waals surface area contributed by atoms with Crippen molar-refractivity contribution in [1.82, 2.24) is 20.2 Å². The van der Waals surface area contributed by atoms with Gasteiger partial charge in [0.25, 0.3) is 0 Å². The molecule has 1 aliphatic heterocycles. The van der Waals surface area contributed by atoms with Gasteiger partial charge in [0.15, 0.2) is 9.84 Å². The SMILES string of the molecule is CN(CCS(=O)(=O)c1ccccc1)Cc1nc([C@@H]2CCCNC2)cc(N(C)C)n1. The van der Waals surface area contributed by atoms with Gasteiger partial charge in [-0.15, -0.1) is 0 Å². The van der Waals surface area contributed by atoms with Crippen LogP contribution in [0.1, 0.15) is 30.3 Å². The Hall–Kier alpha value is -2.03. The lowest BCUT2D eigenvalue weighted by Crippen LogP contribution is -2.30. The maximum Gasteiger partial charge on any atom is 0.179 e. The van der Waals surface area contributed by atoms with Crippen LogP contribution in [-0.4, -0.2) is 69.8 Å². The van der Waals surface area contributed by atoms with Gasteiger partial charge in [-0.1, -0.05) is 18.2 Å². The van der Waals surface area contributed by atoms with Gasteiger partial charge in [-0.3, -0.25) is 4.90 Å². The Morgan fingerprint density at radius 3 is 2.55 bits per heavy atom. The number of piperidine rings is 1. The lowest BCUT2D eigenvalue weighted by atomic mass is 9.96. The molecule has 8 heteroatoms. The van der Waals surface area contributed by atoms with E-state index in [2.05, 4.69) is 16.4 Å². The number of nitrogens with one attached hydrogen (secondary N) is 1. The second-order valence-electron chi connectivity index (χ2n) is 7.87. The smallest absolute Gasteiger partial charge is 0.179 e. The molecule has 1 atom stereocenters. The molecule has 0 amide bonds. The van der Waals surface area contributed by atoms with Crippen LogP contribution in [0.4, 0.5) is 5.82 Å². The fourth-order valence-corrected chi connectivity index (χ4v) is 4.82. The molecular formula is C21H31N5O2S. The first-order valence-corrected chi connectivity index (χ1v) is 11.7. The lowest BCUT2D eigenvalue weighted by molar-refractivity contribution is 0.335. The molecule has 3 rings (SSSR count). The van der Waals surface area contributed by atoms with Crippen molar-refractivity contribution in [2.45, 2.75) is 30.2 Å². The molecule has 2 aromatic rings. The van der Waals surface area contributed by atoms with Crippen LogP contribution in [0.15, 0.2) is 41.3 Å². The molecule has 0 unspecified atom stereocenters. The van der Waals surface area contributed by atoms with Gasteiger partial charge in [-0.05, 0) is 38.6 Å². The predicted molar refractivity (Wildman–Crippen MR) is 116 cm³/mol. The molecule has 1 fully saturated rings. The molecule has 0 spiro atoms. The minimum absolute atomic E-state index is 0.0697. The van der Waals surface area contributed by atoms with Crippen molar-refractivity contribution in [3.8, 4) is 0 Å². The summed E-state index contributed by atoms with van der Waals surface area (Å²) in [6.45, 7) is 2.94. The second-order valence-corrected chi connectivity index (χ2v) is 9.98. The van der Waals surface area contributed by atoms with Gasteiger partial charge < -0.3 is 10.2 Å². The third kappa shape index (κ3) is 5.98. The Morgan fingerprint density at radius 1 is 1.14 bits per heavy atom. The van der Waals surface area contributed by atoms with Crippen LogP contribution in [0.5, 0.6) is 0 Å². The number of anilines is 1.